The summed E-state index contributed by atoms with van der Waals surface area (Å²) in [6, 6.07) is 23.3. The lowest BCUT2D eigenvalue weighted by Crippen LogP contribution is -2.24. The molecule has 0 atom stereocenters. The van der Waals surface area contributed by atoms with Crippen LogP contribution in [0.25, 0.3) is 28.2 Å². The number of aliphatic hydroxyl groups is 1. The van der Waals surface area contributed by atoms with Crippen LogP contribution in [0.5, 0.6) is 0 Å². The highest BCUT2D eigenvalue weighted by Gasteiger charge is 2.19. The van der Waals surface area contributed by atoms with Crippen LogP contribution in [0.15, 0.2) is 95.4 Å². The Balaban J connectivity index is 1.60. The predicted molar refractivity (Wildman–Crippen MR) is 124 cm³/mol. The molecule has 0 radical (unpaired) electrons. The molecule has 0 saturated carbocycles. The summed E-state index contributed by atoms with van der Waals surface area (Å²) in [6.45, 7) is 0. The van der Waals surface area contributed by atoms with Crippen molar-refractivity contribution in [2.45, 2.75) is 12.8 Å². The second-order valence-electron chi connectivity index (χ2n) is 7.46. The lowest BCUT2D eigenvalue weighted by atomic mass is 10.1. The van der Waals surface area contributed by atoms with Gasteiger partial charge in [-0.2, -0.15) is 5.10 Å². The highest BCUT2D eigenvalue weighted by atomic mass is 35.5. The van der Waals surface area contributed by atoms with Gasteiger partial charge < -0.3 is 10.4 Å². The number of hydrogen-bond acceptors (Lipinski definition) is 4. The molecule has 2 aromatic heterocycles. The van der Waals surface area contributed by atoms with Crippen molar-refractivity contribution in [2.24, 2.45) is 0 Å². The molecule has 32 heavy (non-hydrogen) atoms. The Morgan fingerprint density at radius 2 is 1.66 bits per heavy atom. The van der Waals surface area contributed by atoms with Crippen molar-refractivity contribution < 1.29 is 9.90 Å². The maximum atomic E-state index is 12.9. The van der Waals surface area contributed by atoms with Gasteiger partial charge in [0.2, 0.25) is 0 Å². The number of allylic oxidation sites excluding steroid dienone is 3. The van der Waals surface area contributed by atoms with Crippen molar-refractivity contribution in [3.8, 4) is 22.5 Å². The molecule has 158 valence electrons. The van der Waals surface area contributed by atoms with Crippen LogP contribution in [0.1, 0.15) is 23.3 Å². The van der Waals surface area contributed by atoms with Crippen molar-refractivity contribution >= 4 is 23.2 Å². The number of amides is 1. The zero-order valence-corrected chi connectivity index (χ0v) is 17.8. The Kier molecular flexibility index (Phi) is 5.21. The van der Waals surface area contributed by atoms with E-state index in [0.29, 0.717) is 29.2 Å². The number of fused-ring (bicyclic) bond motifs is 1. The van der Waals surface area contributed by atoms with Crippen molar-refractivity contribution in [2.75, 3.05) is 0 Å². The Hall–Kier alpha value is -3.90. The first-order chi connectivity index (χ1) is 15.6. The smallest absolute Gasteiger partial charge is 0.276 e. The topological polar surface area (TPSA) is 79.5 Å². The van der Waals surface area contributed by atoms with E-state index in [0.717, 1.165) is 22.5 Å². The fourth-order valence-electron chi connectivity index (χ4n) is 3.64. The zero-order chi connectivity index (χ0) is 22.1. The molecule has 2 aromatic carbocycles. The first-order valence-electron chi connectivity index (χ1n) is 10.2. The van der Waals surface area contributed by atoms with Crippen LogP contribution in [-0.2, 0) is 0 Å². The van der Waals surface area contributed by atoms with E-state index in [9.17, 15) is 9.90 Å². The van der Waals surface area contributed by atoms with E-state index in [1.54, 1.807) is 16.7 Å². The molecule has 1 aliphatic rings. The molecule has 2 heterocycles. The highest BCUT2D eigenvalue weighted by Crippen LogP contribution is 2.27. The van der Waals surface area contributed by atoms with Gasteiger partial charge in [-0.1, -0.05) is 72.3 Å². The van der Waals surface area contributed by atoms with E-state index >= 15 is 0 Å². The van der Waals surface area contributed by atoms with Crippen LogP contribution in [0.3, 0.4) is 0 Å². The van der Waals surface area contributed by atoms with E-state index in [1.807, 2.05) is 66.7 Å². The van der Waals surface area contributed by atoms with Crippen molar-refractivity contribution in [1.29, 1.82) is 0 Å². The fraction of sp³-hybridized carbons (Fsp3) is 0.0800. The number of benzene rings is 2. The van der Waals surface area contributed by atoms with Crippen molar-refractivity contribution in [3.05, 3.63) is 101 Å². The number of nitrogens with zero attached hydrogens (tertiary/aromatic N) is 3. The third kappa shape index (κ3) is 3.88. The molecule has 4 aromatic rings. The molecule has 0 fully saturated rings. The minimum Gasteiger partial charge on any atom is -0.510 e. The minimum atomic E-state index is -0.445. The van der Waals surface area contributed by atoms with Gasteiger partial charge in [-0.05, 0) is 18.6 Å². The summed E-state index contributed by atoms with van der Waals surface area (Å²) in [5.41, 5.74) is 4.55. The summed E-state index contributed by atoms with van der Waals surface area (Å²) >= 11 is 6.07. The van der Waals surface area contributed by atoms with Crippen LogP contribution < -0.4 is 5.32 Å². The second kappa shape index (κ2) is 8.32. The number of aromatic nitrogens is 3. The Labute approximate surface area is 189 Å². The molecule has 0 bridgehead atoms. The van der Waals surface area contributed by atoms with Gasteiger partial charge in [0.25, 0.3) is 5.91 Å². The van der Waals surface area contributed by atoms with Gasteiger partial charge in [-0.15, -0.1) is 0 Å². The summed E-state index contributed by atoms with van der Waals surface area (Å²) in [6.07, 6.45) is 2.50. The molecular formula is C25H19ClN4O2. The molecule has 0 saturated heterocycles. The molecule has 5 rings (SSSR count). The van der Waals surface area contributed by atoms with E-state index < -0.39 is 5.91 Å². The Morgan fingerprint density at radius 1 is 0.969 bits per heavy atom. The van der Waals surface area contributed by atoms with Gasteiger partial charge in [0, 0.05) is 28.6 Å². The third-order valence-electron chi connectivity index (χ3n) is 5.26. The van der Waals surface area contributed by atoms with Crippen LogP contribution in [0.2, 0.25) is 0 Å². The largest absolute Gasteiger partial charge is 0.510 e. The standard InChI is InChI=1S/C25H19ClN4O2/c26-18-11-12-23(31)20(13-18)28-25(32)21-15-24-27-19(16-7-3-1-4-8-16)14-22(30(24)29-21)17-9-5-2-6-10-17/h1-10,13-15,31H,11-12H2,(H,28,32). The first-order valence-corrected chi connectivity index (χ1v) is 10.6. The minimum absolute atomic E-state index is 0.0981. The number of hydrogen-bond donors (Lipinski definition) is 2. The number of carbonyl (C=O) groups is 1. The summed E-state index contributed by atoms with van der Waals surface area (Å²) < 4.78 is 1.66. The second-order valence-corrected chi connectivity index (χ2v) is 7.95. The normalized spacial score (nSPS) is 13.8. The number of carbonyl (C=O) groups excluding carboxylic acids is 1. The molecule has 0 unspecified atom stereocenters. The van der Waals surface area contributed by atoms with E-state index in [4.69, 9.17) is 16.6 Å². The number of nitrogens with one attached hydrogen (secondary N) is 1. The van der Waals surface area contributed by atoms with Crippen LogP contribution >= 0.6 is 11.6 Å². The quantitative estimate of drug-likeness (QED) is 0.438. The Bertz CT molecular complexity index is 1380. The van der Waals surface area contributed by atoms with Crippen molar-refractivity contribution in [3.63, 3.8) is 0 Å². The number of halogens is 1. The van der Waals surface area contributed by atoms with Crippen LogP contribution in [0.4, 0.5) is 0 Å². The van der Waals surface area contributed by atoms with Gasteiger partial charge in [-0.3, -0.25) is 4.79 Å². The summed E-state index contributed by atoms with van der Waals surface area (Å²) in [5.74, 6) is -0.346. The number of aliphatic hydroxyl groups excluding tert-OH is 1. The third-order valence-corrected chi connectivity index (χ3v) is 5.56. The fourth-order valence-corrected chi connectivity index (χ4v) is 3.84. The molecule has 1 amide bonds. The molecule has 2 N–H and O–H groups in total. The molecular weight excluding hydrogens is 424 g/mol. The van der Waals surface area contributed by atoms with E-state index in [2.05, 4.69) is 10.4 Å². The van der Waals surface area contributed by atoms with Gasteiger partial charge in [0.05, 0.1) is 17.1 Å². The molecule has 1 aliphatic carbocycles. The van der Waals surface area contributed by atoms with Gasteiger partial charge in [0.15, 0.2) is 11.3 Å². The van der Waals surface area contributed by atoms with Crippen molar-refractivity contribution in [1.82, 2.24) is 19.9 Å². The molecule has 6 nitrogen and oxygen atoms in total. The lowest BCUT2D eigenvalue weighted by molar-refractivity contribution is 0.0959. The first kappa shape index (κ1) is 20.0. The lowest BCUT2D eigenvalue weighted by Gasteiger charge is -2.13. The monoisotopic (exact) mass is 442 g/mol. The van der Waals surface area contributed by atoms with Gasteiger partial charge in [0.1, 0.15) is 5.76 Å². The summed E-state index contributed by atoms with van der Waals surface area (Å²) in [5, 5.41) is 17.9. The predicted octanol–water partition coefficient (Wildman–Crippen LogP) is 5.48. The SMILES string of the molecule is O=C(NC1=C(O)CCC(Cl)=C1)c1cc2nc(-c3ccccc3)cc(-c3ccccc3)n2n1. The van der Waals surface area contributed by atoms with E-state index in [-0.39, 0.29) is 11.5 Å². The Morgan fingerprint density at radius 3 is 2.38 bits per heavy atom. The van der Waals surface area contributed by atoms with Crippen LogP contribution in [-0.4, -0.2) is 25.6 Å². The van der Waals surface area contributed by atoms with E-state index in [1.165, 1.54) is 0 Å². The number of rotatable bonds is 4. The van der Waals surface area contributed by atoms with Crippen LogP contribution in [0, 0.1) is 0 Å². The highest BCUT2D eigenvalue weighted by molar-refractivity contribution is 6.29. The molecule has 0 aliphatic heterocycles. The van der Waals surface area contributed by atoms with Gasteiger partial charge >= 0.3 is 0 Å². The average Bonchev–Trinajstić information content (AvgIpc) is 3.26. The maximum Gasteiger partial charge on any atom is 0.276 e. The summed E-state index contributed by atoms with van der Waals surface area (Å²) in [7, 11) is 0. The molecule has 7 heteroatoms. The zero-order valence-electron chi connectivity index (χ0n) is 17.0. The maximum absolute atomic E-state index is 12.9. The van der Waals surface area contributed by atoms with Gasteiger partial charge in [-0.25, -0.2) is 9.50 Å². The molecule has 0 spiro atoms. The summed E-state index contributed by atoms with van der Waals surface area (Å²) in [4.78, 5) is 17.6. The average molecular weight is 443 g/mol.